The molecule has 0 aliphatic rings. The Morgan fingerprint density at radius 2 is 2.09 bits per heavy atom. The molecule has 0 heterocycles. The molecule has 0 amide bonds. The van der Waals surface area contributed by atoms with Crippen LogP contribution in [0.2, 0.25) is 0 Å². The van der Waals surface area contributed by atoms with E-state index in [2.05, 4.69) is 30.3 Å². The monoisotopic (exact) mass is 157 g/mol. The van der Waals surface area contributed by atoms with E-state index in [1.54, 1.807) is 0 Å². The van der Waals surface area contributed by atoms with Gasteiger partial charge in [-0.3, -0.25) is 0 Å². The van der Waals surface area contributed by atoms with E-state index < -0.39 is 0 Å². The molecule has 0 saturated heterocycles. The predicted octanol–water partition coefficient (Wildman–Crippen LogP) is -0.491. The van der Waals surface area contributed by atoms with Gasteiger partial charge in [-0.05, 0) is 0 Å². The van der Waals surface area contributed by atoms with Gasteiger partial charge in [0.1, 0.15) is 0 Å². The van der Waals surface area contributed by atoms with Gasteiger partial charge in [-0.1, -0.05) is 20.4 Å². The molecular formula is C8H17N2O+. The molecule has 3 nitrogen and oxygen atoms in total. The second-order valence-corrected chi connectivity index (χ2v) is 2.23. The maximum atomic E-state index is 8.96. The van der Waals surface area contributed by atoms with Crippen molar-refractivity contribution >= 4 is 5.90 Å². The molecule has 64 valence electrons. The van der Waals surface area contributed by atoms with Crippen LogP contribution in [-0.2, 0) is 0 Å². The van der Waals surface area contributed by atoms with Crippen LogP contribution in [0.4, 0.5) is 0 Å². The molecule has 0 radical (unpaired) electrons. The van der Waals surface area contributed by atoms with Crippen molar-refractivity contribution in [1.29, 1.82) is 0 Å². The van der Waals surface area contributed by atoms with Crippen molar-refractivity contribution in [2.75, 3.05) is 19.8 Å². The molecule has 3 heteroatoms. The molecule has 0 aliphatic heterocycles. The minimum atomic E-state index is 0.136. The summed E-state index contributed by atoms with van der Waals surface area (Å²) in [5.41, 5.74) is 0. The van der Waals surface area contributed by atoms with E-state index in [9.17, 15) is 0 Å². The van der Waals surface area contributed by atoms with Gasteiger partial charge in [0.05, 0.1) is 0 Å². The number of nitrogens with zero attached hydrogens (tertiary/aromatic N) is 1. The molecule has 0 aliphatic carbocycles. The summed E-state index contributed by atoms with van der Waals surface area (Å²) in [7, 11) is 0. The Labute approximate surface area is 68.1 Å². The Balaban J connectivity index is 3.73. The highest BCUT2D eigenvalue weighted by molar-refractivity contribution is 5.79. The number of aliphatic hydroxyl groups excluding tert-OH is 1. The lowest BCUT2D eigenvalue weighted by molar-refractivity contribution is -0.491. The molecule has 0 bridgehead atoms. The molecular weight excluding hydrogens is 140 g/mol. The van der Waals surface area contributed by atoms with Gasteiger partial charge >= 0.3 is 5.90 Å². The van der Waals surface area contributed by atoms with Crippen LogP contribution in [0.5, 0.6) is 0 Å². The number of aliphatic hydroxyl groups is 1. The second kappa shape index (κ2) is 5.92. The fourth-order valence-corrected chi connectivity index (χ4v) is 0.712. The minimum Gasteiger partial charge on any atom is -0.460 e. The van der Waals surface area contributed by atoms with Crippen molar-refractivity contribution in [3.63, 3.8) is 0 Å². The highest BCUT2D eigenvalue weighted by atomic mass is 16.3. The third kappa shape index (κ3) is 4.56. The van der Waals surface area contributed by atoms with Crippen LogP contribution in [0.3, 0.4) is 0 Å². The Morgan fingerprint density at radius 1 is 1.55 bits per heavy atom. The molecule has 0 saturated carbocycles. The summed E-state index contributed by atoms with van der Waals surface area (Å²) in [6.07, 6.45) is 1.39. The Bertz CT molecular complexity index is 139. The molecule has 0 aromatic heterocycles. The zero-order valence-electron chi connectivity index (χ0n) is 7.30. The van der Waals surface area contributed by atoms with Crippen molar-refractivity contribution < 1.29 is 10.1 Å². The van der Waals surface area contributed by atoms with Crippen LogP contribution >= 0.6 is 0 Å². The predicted molar refractivity (Wildman–Crippen MR) is 46.6 cm³/mol. The lowest BCUT2D eigenvalue weighted by Gasteiger charge is -2.10. The minimum absolute atomic E-state index is 0.136. The van der Waals surface area contributed by atoms with Gasteiger partial charge < -0.3 is 5.11 Å². The summed E-state index contributed by atoms with van der Waals surface area (Å²) >= 11 is 0. The lowest BCUT2D eigenvalue weighted by Crippen LogP contribution is -2.76. The molecule has 0 atom stereocenters. The Morgan fingerprint density at radius 3 is 2.45 bits per heavy atom. The summed E-state index contributed by atoms with van der Waals surface area (Å²) in [5, 5.41) is 8.96. The SMILES string of the molecule is C=CC(O)=[NH+]CN(CC)CC. The first-order valence-electron chi connectivity index (χ1n) is 3.89. The van der Waals surface area contributed by atoms with E-state index in [-0.39, 0.29) is 5.90 Å². The van der Waals surface area contributed by atoms with Gasteiger partial charge in [0.15, 0.2) is 0 Å². The number of hydrogen-bond acceptors (Lipinski definition) is 1. The molecule has 0 aromatic rings. The van der Waals surface area contributed by atoms with E-state index in [0.717, 1.165) is 13.1 Å². The highest BCUT2D eigenvalue weighted by Gasteiger charge is 2.00. The third-order valence-corrected chi connectivity index (χ3v) is 1.57. The highest BCUT2D eigenvalue weighted by Crippen LogP contribution is 1.77. The van der Waals surface area contributed by atoms with Crippen molar-refractivity contribution in [1.82, 2.24) is 4.90 Å². The summed E-state index contributed by atoms with van der Waals surface area (Å²) in [5.74, 6) is 0.136. The molecule has 11 heavy (non-hydrogen) atoms. The average molecular weight is 157 g/mol. The number of rotatable bonds is 5. The molecule has 2 N–H and O–H groups in total. The Hall–Kier alpha value is -0.830. The number of hydrogen-bond donors (Lipinski definition) is 2. The maximum Gasteiger partial charge on any atom is 0.358 e. The fraction of sp³-hybridized carbons (Fsp3) is 0.625. The summed E-state index contributed by atoms with van der Waals surface area (Å²) in [4.78, 5) is 4.97. The lowest BCUT2D eigenvalue weighted by atomic mass is 10.5. The van der Waals surface area contributed by atoms with Gasteiger partial charge in [0.25, 0.3) is 0 Å². The van der Waals surface area contributed by atoms with Gasteiger partial charge in [-0.25, -0.2) is 4.90 Å². The van der Waals surface area contributed by atoms with Gasteiger partial charge in [-0.15, -0.1) is 0 Å². The second-order valence-electron chi connectivity index (χ2n) is 2.23. The average Bonchev–Trinajstić information content (AvgIpc) is 2.06. The largest absolute Gasteiger partial charge is 0.460 e. The first-order chi connectivity index (χ1) is 5.24. The summed E-state index contributed by atoms with van der Waals surface area (Å²) in [6.45, 7) is 10.2. The number of nitrogens with one attached hydrogen (secondary N) is 1. The van der Waals surface area contributed by atoms with Crippen molar-refractivity contribution in [3.8, 4) is 0 Å². The van der Waals surface area contributed by atoms with Crippen LogP contribution in [0, 0.1) is 0 Å². The van der Waals surface area contributed by atoms with Crippen LogP contribution in [0.1, 0.15) is 13.8 Å². The zero-order valence-corrected chi connectivity index (χ0v) is 7.30. The van der Waals surface area contributed by atoms with E-state index >= 15 is 0 Å². The molecule has 0 rings (SSSR count). The molecule has 0 aromatic carbocycles. The smallest absolute Gasteiger partial charge is 0.358 e. The fourth-order valence-electron chi connectivity index (χ4n) is 0.712. The molecule has 0 unspecified atom stereocenters. The van der Waals surface area contributed by atoms with Gasteiger partial charge in [-0.2, -0.15) is 4.99 Å². The van der Waals surface area contributed by atoms with E-state index in [1.165, 1.54) is 6.08 Å². The van der Waals surface area contributed by atoms with Gasteiger partial charge in [0.2, 0.25) is 6.67 Å². The van der Waals surface area contributed by atoms with Crippen molar-refractivity contribution in [2.24, 2.45) is 0 Å². The molecule has 0 fully saturated rings. The third-order valence-electron chi connectivity index (χ3n) is 1.57. The standard InChI is InChI=1S/C8H16N2O/c1-4-8(11)9-7-10(5-2)6-3/h4H,1,5-7H2,2-3H3,(H,9,11)/p+1. The van der Waals surface area contributed by atoms with Crippen LogP contribution < -0.4 is 4.99 Å². The zero-order chi connectivity index (χ0) is 8.69. The van der Waals surface area contributed by atoms with Gasteiger partial charge in [0, 0.05) is 19.2 Å². The Kier molecular flexibility index (Phi) is 5.47. The van der Waals surface area contributed by atoms with Crippen molar-refractivity contribution in [3.05, 3.63) is 12.7 Å². The first-order valence-corrected chi connectivity index (χ1v) is 3.89. The van der Waals surface area contributed by atoms with Crippen LogP contribution in [0.15, 0.2) is 12.7 Å². The normalized spacial score (nSPS) is 12.1. The first kappa shape index (κ1) is 10.2. The summed E-state index contributed by atoms with van der Waals surface area (Å²) < 4.78 is 0. The molecule has 0 spiro atoms. The van der Waals surface area contributed by atoms with Crippen LogP contribution in [0.25, 0.3) is 0 Å². The van der Waals surface area contributed by atoms with Crippen molar-refractivity contribution in [2.45, 2.75) is 13.8 Å². The van der Waals surface area contributed by atoms with E-state index in [1.807, 2.05) is 0 Å². The van der Waals surface area contributed by atoms with Crippen LogP contribution in [-0.4, -0.2) is 35.7 Å². The van der Waals surface area contributed by atoms with E-state index in [0.29, 0.717) is 6.67 Å². The topological polar surface area (TPSA) is 37.4 Å². The maximum absolute atomic E-state index is 8.96. The summed E-state index contributed by atoms with van der Waals surface area (Å²) in [6, 6.07) is 0. The quantitative estimate of drug-likeness (QED) is 0.321. The van der Waals surface area contributed by atoms with E-state index in [4.69, 9.17) is 5.11 Å².